The van der Waals surface area contributed by atoms with E-state index in [-0.39, 0.29) is 0 Å². The first-order valence-corrected chi connectivity index (χ1v) is 5.18. The second-order valence-electron chi connectivity index (χ2n) is 2.58. The lowest BCUT2D eigenvalue weighted by molar-refractivity contribution is 1.21. The van der Waals surface area contributed by atoms with E-state index in [1.165, 1.54) is 0 Å². The van der Waals surface area contributed by atoms with Crippen LogP contribution >= 0.6 is 28.1 Å². The van der Waals surface area contributed by atoms with Crippen molar-refractivity contribution < 1.29 is 0 Å². The number of anilines is 1. The summed E-state index contributed by atoms with van der Waals surface area (Å²) in [5.74, 6) is 0. The first-order chi connectivity index (χ1) is 6.15. The number of rotatable bonds is 3. The van der Waals surface area contributed by atoms with Crippen LogP contribution in [0.15, 0.2) is 22.7 Å². The molecule has 1 aromatic carbocycles. The van der Waals surface area contributed by atoms with Gasteiger partial charge in [0.25, 0.3) is 0 Å². The normalized spacial score (nSPS) is 9.69. The zero-order chi connectivity index (χ0) is 9.84. The van der Waals surface area contributed by atoms with E-state index < -0.39 is 0 Å². The molecule has 0 heterocycles. The summed E-state index contributed by atoms with van der Waals surface area (Å²) in [6.45, 7) is 2.89. The van der Waals surface area contributed by atoms with Gasteiger partial charge >= 0.3 is 0 Å². The third-order valence-electron chi connectivity index (χ3n) is 1.61. The molecular formula is C9H11BrN2S. The molecule has 0 aliphatic rings. The fourth-order valence-electron chi connectivity index (χ4n) is 1.07. The minimum absolute atomic E-state index is 0.420. The molecule has 1 aromatic rings. The van der Waals surface area contributed by atoms with Gasteiger partial charge in [0.1, 0.15) is 4.99 Å². The lowest BCUT2D eigenvalue weighted by Crippen LogP contribution is -2.13. The van der Waals surface area contributed by atoms with Gasteiger partial charge in [0.2, 0.25) is 0 Å². The number of nitrogens with one attached hydrogen (secondary N) is 1. The Bertz CT molecular complexity index is 325. The second-order valence-corrected chi connectivity index (χ2v) is 3.94. The van der Waals surface area contributed by atoms with E-state index in [2.05, 4.69) is 21.2 Å². The standard InChI is InChI=1S/C9H11BrN2S/c1-2-12-8-5-6(10)3-4-7(8)9(11)13/h3-5,12H,2H2,1H3,(H2,11,13). The highest BCUT2D eigenvalue weighted by Gasteiger charge is 2.03. The van der Waals surface area contributed by atoms with Crippen LogP contribution < -0.4 is 11.1 Å². The van der Waals surface area contributed by atoms with Crippen LogP contribution in [0.25, 0.3) is 0 Å². The average Bonchev–Trinajstić information content (AvgIpc) is 2.04. The van der Waals surface area contributed by atoms with E-state index in [4.69, 9.17) is 18.0 Å². The molecule has 0 atom stereocenters. The predicted molar refractivity (Wildman–Crippen MR) is 64.2 cm³/mol. The summed E-state index contributed by atoms with van der Waals surface area (Å²) in [6.07, 6.45) is 0. The Balaban J connectivity index is 3.10. The molecule has 0 unspecified atom stereocenters. The molecule has 0 spiro atoms. The van der Waals surface area contributed by atoms with Gasteiger partial charge in [-0.15, -0.1) is 0 Å². The topological polar surface area (TPSA) is 38.0 Å². The van der Waals surface area contributed by atoms with Crippen LogP contribution in [-0.2, 0) is 0 Å². The van der Waals surface area contributed by atoms with Gasteiger partial charge in [-0.25, -0.2) is 0 Å². The van der Waals surface area contributed by atoms with E-state index in [0.29, 0.717) is 4.99 Å². The van der Waals surface area contributed by atoms with Crippen LogP contribution in [0, 0.1) is 0 Å². The maximum Gasteiger partial charge on any atom is 0.106 e. The molecule has 4 heteroatoms. The highest BCUT2D eigenvalue weighted by molar-refractivity contribution is 9.10. The molecule has 1 rings (SSSR count). The first-order valence-electron chi connectivity index (χ1n) is 3.98. The SMILES string of the molecule is CCNc1cc(Br)ccc1C(N)=S. The Morgan fingerprint density at radius 2 is 2.31 bits per heavy atom. The Morgan fingerprint density at radius 1 is 1.62 bits per heavy atom. The van der Waals surface area contributed by atoms with Gasteiger partial charge < -0.3 is 11.1 Å². The van der Waals surface area contributed by atoms with Crippen molar-refractivity contribution in [2.75, 3.05) is 11.9 Å². The van der Waals surface area contributed by atoms with Crippen molar-refractivity contribution in [3.63, 3.8) is 0 Å². The molecule has 2 nitrogen and oxygen atoms in total. The molecule has 0 amide bonds. The van der Waals surface area contributed by atoms with Gasteiger partial charge in [0, 0.05) is 22.3 Å². The number of benzene rings is 1. The lowest BCUT2D eigenvalue weighted by Gasteiger charge is -2.09. The van der Waals surface area contributed by atoms with Crippen molar-refractivity contribution in [3.05, 3.63) is 28.2 Å². The summed E-state index contributed by atoms with van der Waals surface area (Å²) in [5, 5.41) is 3.20. The smallest absolute Gasteiger partial charge is 0.106 e. The van der Waals surface area contributed by atoms with E-state index >= 15 is 0 Å². The summed E-state index contributed by atoms with van der Waals surface area (Å²) in [6, 6.07) is 5.80. The predicted octanol–water partition coefficient (Wildman–Crippen LogP) is 2.52. The molecule has 0 aliphatic heterocycles. The van der Waals surface area contributed by atoms with Crippen molar-refractivity contribution >= 4 is 38.8 Å². The molecule has 0 saturated heterocycles. The zero-order valence-electron chi connectivity index (χ0n) is 7.30. The number of thiocarbonyl (C=S) groups is 1. The van der Waals surface area contributed by atoms with Gasteiger partial charge in [-0.2, -0.15) is 0 Å². The number of hydrogen-bond acceptors (Lipinski definition) is 2. The molecular weight excluding hydrogens is 248 g/mol. The molecule has 70 valence electrons. The van der Waals surface area contributed by atoms with Crippen molar-refractivity contribution in [3.8, 4) is 0 Å². The maximum atomic E-state index is 5.57. The van der Waals surface area contributed by atoms with Crippen LogP contribution in [0.5, 0.6) is 0 Å². The monoisotopic (exact) mass is 258 g/mol. The molecule has 0 aliphatic carbocycles. The second kappa shape index (κ2) is 4.58. The van der Waals surface area contributed by atoms with Crippen LogP contribution in [0.1, 0.15) is 12.5 Å². The summed E-state index contributed by atoms with van der Waals surface area (Å²) in [5.41, 5.74) is 7.44. The minimum Gasteiger partial charge on any atom is -0.389 e. The Hall–Kier alpha value is -0.610. The van der Waals surface area contributed by atoms with Gasteiger partial charge in [0.15, 0.2) is 0 Å². The van der Waals surface area contributed by atoms with Crippen molar-refractivity contribution in [2.24, 2.45) is 5.73 Å². The quantitative estimate of drug-likeness (QED) is 0.819. The fraction of sp³-hybridized carbons (Fsp3) is 0.222. The van der Waals surface area contributed by atoms with Gasteiger partial charge in [-0.1, -0.05) is 28.1 Å². The summed E-state index contributed by atoms with van der Waals surface area (Å²) in [7, 11) is 0. The fourth-order valence-corrected chi connectivity index (χ4v) is 1.61. The molecule has 13 heavy (non-hydrogen) atoms. The van der Waals surface area contributed by atoms with E-state index in [1.807, 2.05) is 25.1 Å². The zero-order valence-corrected chi connectivity index (χ0v) is 9.71. The van der Waals surface area contributed by atoms with E-state index in [1.54, 1.807) is 0 Å². The van der Waals surface area contributed by atoms with E-state index in [9.17, 15) is 0 Å². The first kappa shape index (κ1) is 10.5. The summed E-state index contributed by atoms with van der Waals surface area (Å²) < 4.78 is 1.02. The molecule has 0 saturated carbocycles. The largest absolute Gasteiger partial charge is 0.389 e. The van der Waals surface area contributed by atoms with Crippen molar-refractivity contribution in [1.29, 1.82) is 0 Å². The molecule has 0 aromatic heterocycles. The Kier molecular flexibility index (Phi) is 3.69. The third-order valence-corrected chi connectivity index (χ3v) is 2.33. The van der Waals surface area contributed by atoms with Crippen LogP contribution in [0.2, 0.25) is 0 Å². The van der Waals surface area contributed by atoms with Crippen molar-refractivity contribution in [1.82, 2.24) is 0 Å². The van der Waals surface area contributed by atoms with E-state index in [0.717, 1.165) is 22.3 Å². The molecule has 0 bridgehead atoms. The van der Waals surface area contributed by atoms with Gasteiger partial charge in [-0.3, -0.25) is 0 Å². The highest BCUT2D eigenvalue weighted by atomic mass is 79.9. The summed E-state index contributed by atoms with van der Waals surface area (Å²) in [4.78, 5) is 0.420. The van der Waals surface area contributed by atoms with Crippen molar-refractivity contribution in [2.45, 2.75) is 6.92 Å². The van der Waals surface area contributed by atoms with Crippen LogP contribution in [-0.4, -0.2) is 11.5 Å². The minimum atomic E-state index is 0.420. The lowest BCUT2D eigenvalue weighted by atomic mass is 10.2. The maximum absolute atomic E-state index is 5.57. The number of hydrogen-bond donors (Lipinski definition) is 2. The van der Waals surface area contributed by atoms with Gasteiger partial charge in [-0.05, 0) is 25.1 Å². The third kappa shape index (κ3) is 2.67. The summed E-state index contributed by atoms with van der Waals surface area (Å²) >= 11 is 8.32. The Morgan fingerprint density at radius 3 is 2.85 bits per heavy atom. The van der Waals surface area contributed by atoms with Gasteiger partial charge in [0.05, 0.1) is 0 Å². The molecule has 3 N–H and O–H groups in total. The number of halogens is 1. The van der Waals surface area contributed by atoms with Crippen LogP contribution in [0.4, 0.5) is 5.69 Å². The van der Waals surface area contributed by atoms with Crippen LogP contribution in [0.3, 0.4) is 0 Å². The Labute approximate surface area is 91.6 Å². The highest BCUT2D eigenvalue weighted by Crippen LogP contribution is 2.21. The molecule has 0 fully saturated rings. The number of nitrogens with two attached hydrogens (primary N) is 1. The average molecular weight is 259 g/mol. The molecule has 0 radical (unpaired) electrons.